The molecule has 0 aliphatic heterocycles. The number of hydrogen-bond donors (Lipinski definition) is 0. The van der Waals surface area contributed by atoms with Crippen LogP contribution in [0.25, 0.3) is 33.8 Å². The number of aryl methyl sites for hydroxylation is 2. The fourth-order valence-electron chi connectivity index (χ4n) is 8.17. The number of halogens is 3. The van der Waals surface area contributed by atoms with Gasteiger partial charge in [0.15, 0.2) is 0 Å². The molecule has 0 bridgehead atoms. The molecule has 282 valence electrons. The average molecular weight is 932 g/mol. The van der Waals surface area contributed by atoms with Crippen LogP contribution in [0.1, 0.15) is 51.2 Å². The van der Waals surface area contributed by atoms with E-state index in [0.717, 1.165) is 94.6 Å². The Morgan fingerprint density at radius 1 is 0.482 bits per heavy atom. The average Bonchev–Trinajstić information content (AvgIpc) is 3.16. The van der Waals surface area contributed by atoms with E-state index in [0.29, 0.717) is 0 Å². The molecule has 56 heavy (non-hydrogen) atoms. The molecule has 1 aliphatic carbocycles. The van der Waals surface area contributed by atoms with Crippen molar-refractivity contribution in [2.45, 2.75) is 53.9 Å². The predicted molar refractivity (Wildman–Crippen MR) is 244 cm³/mol. The summed E-state index contributed by atoms with van der Waals surface area (Å²) in [6, 6.07) is 32.9. The highest BCUT2D eigenvalue weighted by molar-refractivity contribution is 9.11. The van der Waals surface area contributed by atoms with Gasteiger partial charge in [-0.15, -0.1) is 0 Å². The van der Waals surface area contributed by atoms with E-state index in [9.17, 15) is 0 Å². The summed E-state index contributed by atoms with van der Waals surface area (Å²) < 4.78 is 3.08. The van der Waals surface area contributed by atoms with Gasteiger partial charge < -0.3 is 0 Å². The van der Waals surface area contributed by atoms with Crippen molar-refractivity contribution >= 4 is 83.5 Å². The minimum Gasteiger partial charge on any atom is -0.259 e. The zero-order chi connectivity index (χ0) is 39.5. The summed E-state index contributed by atoms with van der Waals surface area (Å²) in [6.07, 6.45) is 14.6. The Balaban J connectivity index is 1.18. The molecule has 3 heterocycles. The largest absolute Gasteiger partial charge is 0.259 e. The molecule has 9 heteroatoms. The highest BCUT2D eigenvalue weighted by Crippen LogP contribution is 2.53. The summed E-state index contributed by atoms with van der Waals surface area (Å²) >= 11 is 10.7. The smallest absolute Gasteiger partial charge is 0.0838 e. The molecule has 1 fully saturated rings. The van der Waals surface area contributed by atoms with Crippen molar-refractivity contribution in [3.05, 3.63) is 140 Å². The van der Waals surface area contributed by atoms with E-state index >= 15 is 0 Å². The first kappa shape index (κ1) is 39.8. The van der Waals surface area contributed by atoms with Crippen molar-refractivity contribution in [1.29, 1.82) is 0 Å². The van der Waals surface area contributed by atoms with Crippen LogP contribution in [-0.4, -0.2) is 33.6 Å². The van der Waals surface area contributed by atoms with E-state index in [-0.39, 0.29) is 16.2 Å². The second-order valence-electron chi connectivity index (χ2n) is 15.9. The first-order chi connectivity index (χ1) is 26.8. The van der Waals surface area contributed by atoms with E-state index in [1.165, 1.54) is 0 Å². The van der Waals surface area contributed by atoms with Crippen LogP contribution in [0.5, 0.6) is 0 Å². The predicted octanol–water partition coefficient (Wildman–Crippen LogP) is 14.5. The van der Waals surface area contributed by atoms with Crippen molar-refractivity contribution in [1.82, 2.24) is 15.0 Å². The number of rotatable bonds is 9. The Bertz CT molecular complexity index is 2360. The minimum absolute atomic E-state index is 0.265. The van der Waals surface area contributed by atoms with Gasteiger partial charge in [0.2, 0.25) is 0 Å². The maximum absolute atomic E-state index is 5.11. The molecule has 6 nitrogen and oxygen atoms in total. The highest BCUT2D eigenvalue weighted by atomic mass is 79.9. The lowest BCUT2D eigenvalue weighted by Crippen LogP contribution is -2.44. The van der Waals surface area contributed by atoms with Crippen molar-refractivity contribution in [3.8, 4) is 33.8 Å². The third-order valence-electron chi connectivity index (χ3n) is 10.3. The summed E-state index contributed by atoms with van der Waals surface area (Å²) in [4.78, 5) is 29.6. The summed E-state index contributed by atoms with van der Waals surface area (Å²) in [6.45, 7) is 11.1. The Hall–Kier alpha value is -4.44. The van der Waals surface area contributed by atoms with Gasteiger partial charge in [-0.2, -0.15) is 0 Å². The summed E-state index contributed by atoms with van der Waals surface area (Å²) in [5, 5.41) is 0. The van der Waals surface area contributed by atoms with Gasteiger partial charge >= 0.3 is 0 Å². The van der Waals surface area contributed by atoms with Crippen LogP contribution in [0.2, 0.25) is 0 Å². The van der Waals surface area contributed by atoms with Crippen LogP contribution >= 0.6 is 47.8 Å². The Labute approximate surface area is 355 Å². The highest BCUT2D eigenvalue weighted by Gasteiger charge is 2.47. The number of benzene rings is 3. The Kier molecular flexibility index (Phi) is 11.8. The topological polar surface area (TPSA) is 75.8 Å². The van der Waals surface area contributed by atoms with Crippen LogP contribution in [0, 0.1) is 30.1 Å². The molecule has 1 saturated carbocycles. The Morgan fingerprint density at radius 2 is 0.875 bits per heavy atom. The normalized spacial score (nSPS) is 21.4. The number of pyridine rings is 3. The second kappa shape index (κ2) is 16.6. The summed E-state index contributed by atoms with van der Waals surface area (Å²) in [5.74, 6) is 0. The van der Waals surface area contributed by atoms with Crippen molar-refractivity contribution in [2.24, 2.45) is 31.2 Å². The van der Waals surface area contributed by atoms with Crippen molar-refractivity contribution < 1.29 is 0 Å². The van der Waals surface area contributed by atoms with Crippen LogP contribution < -0.4 is 0 Å². The monoisotopic (exact) mass is 928 g/mol. The van der Waals surface area contributed by atoms with E-state index in [1.54, 1.807) is 0 Å². The molecular weight excluding hydrogens is 888 g/mol. The second-order valence-corrected chi connectivity index (χ2v) is 18.7. The molecule has 0 spiro atoms. The SMILES string of the molecule is Cc1cc(-c2cccc(Br)c2)ncc1N=CC1(C)CC(C)(C=Nc2ccc(-c3cccc(Br)c3)nc2)CC(C)(C=Nc2cnc(-c3cccc(Br)c3)cc2C)C1. The zero-order valence-electron chi connectivity index (χ0n) is 32.1. The number of aromatic nitrogens is 3. The molecule has 2 unspecified atom stereocenters. The van der Waals surface area contributed by atoms with E-state index in [4.69, 9.17) is 29.9 Å². The van der Waals surface area contributed by atoms with Crippen LogP contribution in [0.3, 0.4) is 0 Å². The van der Waals surface area contributed by atoms with Gasteiger partial charge in [0.25, 0.3) is 0 Å². The number of aliphatic imine (C=N–C) groups is 3. The molecule has 3 aromatic heterocycles. The van der Waals surface area contributed by atoms with Crippen LogP contribution in [-0.2, 0) is 0 Å². The Morgan fingerprint density at radius 3 is 1.25 bits per heavy atom. The fraction of sp³-hybridized carbons (Fsp3) is 0.234. The van der Waals surface area contributed by atoms with Gasteiger partial charge in [-0.3, -0.25) is 29.9 Å². The number of nitrogens with zero attached hydrogens (tertiary/aromatic N) is 6. The molecule has 3 aromatic carbocycles. The maximum atomic E-state index is 5.11. The third kappa shape index (κ3) is 9.74. The molecule has 6 aromatic rings. The standard InChI is InChI=1S/C47H43Br3N6/c1-31-17-41(34-10-7-13-37(49)20-34)52-23-43(31)55-29-46(4)25-45(3,28-54-39-15-16-40(51-22-39)33-9-6-12-36(48)19-33)26-47(5,27-46)30-56-44-24-53-42(18-32(44)2)35-11-8-14-38(50)21-35/h6-24,28-30H,25-27H2,1-5H3. The maximum Gasteiger partial charge on any atom is 0.0838 e. The molecule has 0 amide bonds. The van der Waals surface area contributed by atoms with Crippen molar-refractivity contribution in [2.75, 3.05) is 0 Å². The lowest BCUT2D eigenvalue weighted by molar-refractivity contribution is 0.121. The lowest BCUT2D eigenvalue weighted by Gasteiger charge is -2.49. The quantitative estimate of drug-likeness (QED) is 0.136. The van der Waals surface area contributed by atoms with Crippen molar-refractivity contribution in [3.63, 3.8) is 0 Å². The van der Waals surface area contributed by atoms with Gasteiger partial charge in [-0.1, -0.05) is 105 Å². The van der Waals surface area contributed by atoms with Gasteiger partial charge in [0.1, 0.15) is 0 Å². The molecule has 0 N–H and O–H groups in total. The summed E-state index contributed by atoms with van der Waals surface area (Å²) in [7, 11) is 0. The summed E-state index contributed by atoms with van der Waals surface area (Å²) in [5.41, 5.74) is 9.84. The van der Waals surface area contributed by atoms with Gasteiger partial charge in [0.05, 0.1) is 52.7 Å². The molecule has 7 rings (SSSR count). The molecule has 1 aliphatic rings. The lowest BCUT2D eigenvalue weighted by atomic mass is 9.55. The molecule has 0 saturated heterocycles. The van der Waals surface area contributed by atoms with Crippen LogP contribution in [0.15, 0.2) is 144 Å². The van der Waals surface area contributed by atoms with Crippen LogP contribution in [0.4, 0.5) is 17.1 Å². The van der Waals surface area contributed by atoms with Gasteiger partial charge in [-0.25, -0.2) is 0 Å². The molecular formula is C47H43Br3N6. The van der Waals surface area contributed by atoms with E-state index < -0.39 is 0 Å². The first-order valence-corrected chi connectivity index (χ1v) is 21.0. The zero-order valence-corrected chi connectivity index (χ0v) is 36.9. The van der Waals surface area contributed by atoms with E-state index in [2.05, 4.69) is 150 Å². The first-order valence-electron chi connectivity index (χ1n) is 18.6. The van der Waals surface area contributed by atoms with Gasteiger partial charge in [-0.05, 0) is 105 Å². The van der Waals surface area contributed by atoms with E-state index in [1.807, 2.05) is 67.1 Å². The fourth-order valence-corrected chi connectivity index (χ4v) is 9.37. The minimum atomic E-state index is -0.268. The third-order valence-corrected chi connectivity index (χ3v) is 11.7. The molecule has 0 radical (unpaired) electrons. The number of hydrogen-bond acceptors (Lipinski definition) is 6. The molecule has 2 atom stereocenters. The van der Waals surface area contributed by atoms with Gasteiger partial charge in [0, 0.05) is 65.0 Å².